The second-order valence-corrected chi connectivity index (χ2v) is 8.12. The third kappa shape index (κ3) is 8.16. The number of alkyl carbamates (subject to hydrolysis) is 1. The van der Waals surface area contributed by atoms with Gasteiger partial charge in [-0.15, -0.1) is 0 Å². The zero-order valence-corrected chi connectivity index (χ0v) is 16.1. The van der Waals surface area contributed by atoms with Crippen LogP contribution >= 0.6 is 0 Å². The zero-order chi connectivity index (χ0) is 18.8. The van der Waals surface area contributed by atoms with Crippen LogP contribution in [0.15, 0.2) is 30.3 Å². The number of carbonyl (C=O) groups excluding carboxylic acids is 2. The van der Waals surface area contributed by atoms with E-state index >= 15 is 0 Å². The molecule has 0 aliphatic rings. The lowest BCUT2D eigenvalue weighted by Gasteiger charge is -2.21. The van der Waals surface area contributed by atoms with Crippen molar-refractivity contribution >= 4 is 22.8 Å². The van der Waals surface area contributed by atoms with Crippen molar-refractivity contribution in [1.29, 1.82) is 0 Å². The van der Waals surface area contributed by atoms with Gasteiger partial charge in [-0.3, -0.25) is 9.00 Å². The van der Waals surface area contributed by atoms with E-state index in [1.165, 1.54) is 0 Å². The van der Waals surface area contributed by atoms with Gasteiger partial charge in [-0.2, -0.15) is 0 Å². The number of amides is 2. The lowest BCUT2D eigenvalue weighted by Crippen LogP contribution is -2.50. The van der Waals surface area contributed by atoms with Crippen molar-refractivity contribution in [3.8, 4) is 0 Å². The number of hydrogen-bond donors (Lipinski definition) is 2. The summed E-state index contributed by atoms with van der Waals surface area (Å²) in [5, 5.41) is 5.41. The number of nitrogens with one attached hydrogen (secondary N) is 2. The summed E-state index contributed by atoms with van der Waals surface area (Å²) >= 11 is 0. The SMILES string of the molecule is CC(C)[C@H](NC(=O)OCc1ccccc1)C(=O)NCC[C@H](C)[S@](C)=O. The fourth-order valence-electron chi connectivity index (χ4n) is 2.10. The van der Waals surface area contributed by atoms with Gasteiger partial charge < -0.3 is 15.4 Å². The van der Waals surface area contributed by atoms with Crippen LogP contribution in [0, 0.1) is 5.92 Å². The summed E-state index contributed by atoms with van der Waals surface area (Å²) in [5.74, 6) is -0.345. The Hall–Kier alpha value is -1.89. The van der Waals surface area contributed by atoms with E-state index in [9.17, 15) is 13.8 Å². The minimum Gasteiger partial charge on any atom is -0.445 e. The Labute approximate surface area is 152 Å². The molecule has 1 aromatic carbocycles. The minimum absolute atomic E-state index is 0.0154. The Kier molecular flexibility index (Phi) is 9.20. The molecule has 0 saturated carbocycles. The first kappa shape index (κ1) is 21.2. The Balaban J connectivity index is 2.45. The second-order valence-electron chi connectivity index (χ2n) is 6.32. The van der Waals surface area contributed by atoms with Gasteiger partial charge in [-0.1, -0.05) is 51.1 Å². The monoisotopic (exact) mass is 368 g/mol. The molecule has 0 saturated heterocycles. The number of benzene rings is 1. The summed E-state index contributed by atoms with van der Waals surface area (Å²) in [6, 6.07) is 8.66. The van der Waals surface area contributed by atoms with Gasteiger partial charge in [-0.25, -0.2) is 4.79 Å². The Bertz CT molecular complexity index is 578. The highest BCUT2D eigenvalue weighted by Gasteiger charge is 2.24. The summed E-state index contributed by atoms with van der Waals surface area (Å²) in [6.45, 7) is 6.15. The van der Waals surface area contributed by atoms with Gasteiger partial charge in [0.2, 0.25) is 5.91 Å². The molecule has 0 fully saturated rings. The van der Waals surface area contributed by atoms with Crippen molar-refractivity contribution in [1.82, 2.24) is 10.6 Å². The molecular formula is C18H28N2O4S. The van der Waals surface area contributed by atoms with E-state index < -0.39 is 22.9 Å². The van der Waals surface area contributed by atoms with E-state index in [0.717, 1.165) is 5.56 Å². The van der Waals surface area contributed by atoms with E-state index in [0.29, 0.717) is 13.0 Å². The zero-order valence-electron chi connectivity index (χ0n) is 15.3. The molecule has 2 amide bonds. The maximum absolute atomic E-state index is 12.3. The fraction of sp³-hybridized carbons (Fsp3) is 0.556. The van der Waals surface area contributed by atoms with Gasteiger partial charge in [-0.05, 0) is 17.9 Å². The quantitative estimate of drug-likeness (QED) is 0.700. The molecule has 0 heterocycles. The number of carbonyl (C=O) groups is 2. The molecule has 1 rings (SSSR count). The Morgan fingerprint density at radius 2 is 1.80 bits per heavy atom. The first-order valence-electron chi connectivity index (χ1n) is 8.38. The molecule has 0 spiro atoms. The van der Waals surface area contributed by atoms with Crippen molar-refractivity contribution in [2.24, 2.45) is 5.92 Å². The summed E-state index contributed by atoms with van der Waals surface area (Å²) in [5.41, 5.74) is 0.879. The van der Waals surface area contributed by atoms with Crippen LogP contribution in [0.4, 0.5) is 4.79 Å². The van der Waals surface area contributed by atoms with Gasteiger partial charge in [0.1, 0.15) is 12.6 Å². The molecule has 0 bridgehead atoms. The number of ether oxygens (including phenoxy) is 1. The third-order valence-electron chi connectivity index (χ3n) is 3.85. The Morgan fingerprint density at radius 1 is 1.16 bits per heavy atom. The van der Waals surface area contributed by atoms with Crippen LogP contribution in [0.5, 0.6) is 0 Å². The van der Waals surface area contributed by atoms with E-state index in [1.807, 2.05) is 51.1 Å². The average Bonchev–Trinajstić information content (AvgIpc) is 2.58. The maximum atomic E-state index is 12.3. The van der Waals surface area contributed by atoms with E-state index in [-0.39, 0.29) is 23.7 Å². The van der Waals surface area contributed by atoms with Crippen LogP contribution in [0.1, 0.15) is 32.8 Å². The third-order valence-corrected chi connectivity index (χ3v) is 5.22. The summed E-state index contributed by atoms with van der Waals surface area (Å²) < 4.78 is 16.5. The van der Waals surface area contributed by atoms with Crippen molar-refractivity contribution in [2.45, 2.75) is 45.1 Å². The van der Waals surface area contributed by atoms with Gasteiger partial charge in [0.05, 0.1) is 0 Å². The van der Waals surface area contributed by atoms with Crippen LogP contribution in [0.2, 0.25) is 0 Å². The summed E-state index contributed by atoms with van der Waals surface area (Å²) in [4.78, 5) is 24.2. The van der Waals surface area contributed by atoms with Crippen molar-refractivity contribution < 1.29 is 18.5 Å². The van der Waals surface area contributed by atoms with Gasteiger partial charge >= 0.3 is 6.09 Å². The molecule has 25 heavy (non-hydrogen) atoms. The Morgan fingerprint density at radius 3 is 2.36 bits per heavy atom. The highest BCUT2D eigenvalue weighted by molar-refractivity contribution is 7.84. The van der Waals surface area contributed by atoms with Crippen LogP contribution < -0.4 is 10.6 Å². The lowest BCUT2D eigenvalue weighted by atomic mass is 10.0. The molecule has 3 atom stereocenters. The summed E-state index contributed by atoms with van der Waals surface area (Å²) in [6.07, 6.45) is 1.65. The molecule has 7 heteroatoms. The van der Waals surface area contributed by atoms with Crippen molar-refractivity contribution in [3.05, 3.63) is 35.9 Å². The average molecular weight is 368 g/mol. The number of hydrogen-bond acceptors (Lipinski definition) is 4. The van der Waals surface area contributed by atoms with Crippen LogP contribution in [0.25, 0.3) is 0 Å². The second kappa shape index (κ2) is 10.9. The highest BCUT2D eigenvalue weighted by Crippen LogP contribution is 2.05. The summed E-state index contributed by atoms with van der Waals surface area (Å²) in [7, 11) is -0.916. The maximum Gasteiger partial charge on any atom is 0.408 e. The minimum atomic E-state index is -0.916. The van der Waals surface area contributed by atoms with E-state index in [2.05, 4.69) is 10.6 Å². The topological polar surface area (TPSA) is 84.5 Å². The van der Waals surface area contributed by atoms with E-state index in [4.69, 9.17) is 4.74 Å². The van der Waals surface area contributed by atoms with E-state index in [1.54, 1.807) is 6.26 Å². The fourth-order valence-corrected chi connectivity index (χ4v) is 2.55. The largest absolute Gasteiger partial charge is 0.445 e. The normalized spacial score (nSPS) is 14.4. The predicted molar refractivity (Wildman–Crippen MR) is 99.5 cm³/mol. The van der Waals surface area contributed by atoms with Gasteiger partial charge in [0.25, 0.3) is 0 Å². The molecule has 0 radical (unpaired) electrons. The lowest BCUT2D eigenvalue weighted by molar-refractivity contribution is -0.124. The first-order valence-corrected chi connectivity index (χ1v) is 10.0. The van der Waals surface area contributed by atoms with Crippen molar-refractivity contribution in [3.63, 3.8) is 0 Å². The van der Waals surface area contributed by atoms with Crippen LogP contribution in [-0.2, 0) is 26.9 Å². The standard InChI is InChI=1S/C18H28N2O4S/c1-13(2)16(17(21)19-11-10-14(3)25(4)23)20-18(22)24-12-15-8-6-5-7-9-15/h5-9,13-14,16H,10-12H2,1-4H3,(H,19,21)(H,20,22)/t14-,16-,25-/m0/s1. The van der Waals surface area contributed by atoms with Crippen molar-refractivity contribution in [2.75, 3.05) is 12.8 Å². The van der Waals surface area contributed by atoms with Gasteiger partial charge in [0.15, 0.2) is 0 Å². The molecule has 2 N–H and O–H groups in total. The molecular weight excluding hydrogens is 340 g/mol. The number of rotatable bonds is 9. The smallest absolute Gasteiger partial charge is 0.408 e. The molecule has 0 aliphatic heterocycles. The van der Waals surface area contributed by atoms with Crippen LogP contribution in [-0.4, -0.2) is 40.3 Å². The molecule has 1 aromatic rings. The van der Waals surface area contributed by atoms with Gasteiger partial charge in [0, 0.05) is 28.9 Å². The molecule has 140 valence electrons. The molecule has 0 aromatic heterocycles. The first-order chi connectivity index (χ1) is 11.8. The molecule has 0 unspecified atom stereocenters. The molecule has 6 nitrogen and oxygen atoms in total. The predicted octanol–water partition coefficient (Wildman–Crippen LogP) is 2.21. The van der Waals surface area contributed by atoms with Crippen LogP contribution in [0.3, 0.4) is 0 Å². The molecule has 0 aliphatic carbocycles. The highest BCUT2D eigenvalue weighted by atomic mass is 32.2.